The van der Waals surface area contributed by atoms with Gasteiger partial charge in [0.05, 0.1) is 10.6 Å². The Hall–Kier alpha value is -1.89. The molecule has 0 bridgehead atoms. The van der Waals surface area contributed by atoms with E-state index in [2.05, 4.69) is 21.0 Å². The summed E-state index contributed by atoms with van der Waals surface area (Å²) < 4.78 is 7.97. The van der Waals surface area contributed by atoms with Crippen LogP contribution in [0.2, 0.25) is 0 Å². The molecule has 0 saturated carbocycles. The summed E-state index contributed by atoms with van der Waals surface area (Å²) in [5.41, 5.74) is 1.42. The van der Waals surface area contributed by atoms with Crippen LogP contribution in [0.4, 0.5) is 5.69 Å². The van der Waals surface area contributed by atoms with Gasteiger partial charge in [-0.2, -0.15) is 5.10 Å². The first-order valence-electron chi connectivity index (χ1n) is 5.52. The summed E-state index contributed by atoms with van der Waals surface area (Å²) in [7, 11) is 1.80. The van der Waals surface area contributed by atoms with Crippen molar-refractivity contribution in [2.24, 2.45) is 7.05 Å². The molecule has 1 heterocycles. The van der Waals surface area contributed by atoms with Crippen LogP contribution in [0.1, 0.15) is 11.4 Å². The average Bonchev–Trinajstić information content (AvgIpc) is 2.57. The van der Waals surface area contributed by atoms with Crippen molar-refractivity contribution < 1.29 is 9.66 Å². The van der Waals surface area contributed by atoms with Crippen molar-refractivity contribution in [3.05, 3.63) is 44.2 Å². The topological polar surface area (TPSA) is 70.2 Å². The van der Waals surface area contributed by atoms with Crippen LogP contribution in [-0.2, 0) is 7.05 Å². The van der Waals surface area contributed by atoms with Gasteiger partial charge in [0.15, 0.2) is 5.75 Å². The third kappa shape index (κ3) is 2.60. The second kappa shape index (κ2) is 5.00. The molecule has 0 fully saturated rings. The zero-order valence-corrected chi connectivity index (χ0v) is 12.3. The second-order valence-corrected chi connectivity index (χ2v) is 5.01. The molecule has 0 radical (unpaired) electrons. The van der Waals surface area contributed by atoms with Gasteiger partial charge in [-0.05, 0) is 26.0 Å². The fraction of sp³-hybridized carbons (Fsp3) is 0.250. The molecule has 1 aromatic carbocycles. The van der Waals surface area contributed by atoms with E-state index < -0.39 is 4.92 Å². The maximum atomic E-state index is 11.0. The van der Waals surface area contributed by atoms with E-state index in [4.69, 9.17) is 4.74 Å². The van der Waals surface area contributed by atoms with Gasteiger partial charge >= 0.3 is 5.69 Å². The Morgan fingerprint density at radius 1 is 1.42 bits per heavy atom. The molecular formula is C12H12BrN3O3. The maximum Gasteiger partial charge on any atom is 0.312 e. The lowest BCUT2D eigenvalue weighted by Gasteiger charge is -2.06. The SMILES string of the molecule is Cc1nn(C)c(C)c1Oc1ccc(Br)cc1[N+](=O)[O-]. The quantitative estimate of drug-likeness (QED) is 0.639. The lowest BCUT2D eigenvalue weighted by molar-refractivity contribution is -0.385. The molecule has 6 nitrogen and oxygen atoms in total. The highest BCUT2D eigenvalue weighted by Crippen LogP contribution is 2.35. The lowest BCUT2D eigenvalue weighted by atomic mass is 10.3. The Bertz CT molecular complexity index is 652. The van der Waals surface area contributed by atoms with Crippen molar-refractivity contribution in [1.29, 1.82) is 0 Å². The third-order valence-corrected chi connectivity index (χ3v) is 3.27. The van der Waals surface area contributed by atoms with E-state index in [0.717, 1.165) is 5.69 Å². The summed E-state index contributed by atoms with van der Waals surface area (Å²) in [5, 5.41) is 15.2. The first-order chi connectivity index (χ1) is 8.90. The average molecular weight is 326 g/mol. The molecule has 0 unspecified atom stereocenters. The van der Waals surface area contributed by atoms with Gasteiger partial charge in [-0.3, -0.25) is 14.8 Å². The number of aryl methyl sites for hydroxylation is 2. The molecule has 0 aliphatic heterocycles. The molecule has 0 N–H and O–H groups in total. The molecule has 0 atom stereocenters. The number of aromatic nitrogens is 2. The molecule has 2 aromatic rings. The highest BCUT2D eigenvalue weighted by molar-refractivity contribution is 9.10. The second-order valence-electron chi connectivity index (χ2n) is 4.09. The van der Waals surface area contributed by atoms with Crippen LogP contribution in [0.3, 0.4) is 0 Å². The van der Waals surface area contributed by atoms with Gasteiger partial charge in [-0.15, -0.1) is 0 Å². The van der Waals surface area contributed by atoms with Crippen molar-refractivity contribution in [1.82, 2.24) is 9.78 Å². The summed E-state index contributed by atoms with van der Waals surface area (Å²) >= 11 is 3.21. The zero-order valence-electron chi connectivity index (χ0n) is 10.7. The van der Waals surface area contributed by atoms with Crippen LogP contribution in [0.15, 0.2) is 22.7 Å². The molecule has 2 rings (SSSR count). The number of nitro benzene ring substituents is 1. The number of rotatable bonds is 3. The molecule has 0 amide bonds. The summed E-state index contributed by atoms with van der Waals surface area (Å²) in [6.07, 6.45) is 0. The Balaban J connectivity index is 2.46. The molecule has 1 aromatic heterocycles. The predicted octanol–water partition coefficient (Wildman–Crippen LogP) is 3.50. The van der Waals surface area contributed by atoms with Crippen LogP contribution >= 0.6 is 15.9 Å². The van der Waals surface area contributed by atoms with Crippen molar-refractivity contribution in [3.63, 3.8) is 0 Å². The van der Waals surface area contributed by atoms with Gasteiger partial charge in [0.2, 0.25) is 5.75 Å². The van der Waals surface area contributed by atoms with E-state index in [1.54, 1.807) is 30.8 Å². The molecule has 7 heteroatoms. The van der Waals surface area contributed by atoms with Crippen molar-refractivity contribution in [2.45, 2.75) is 13.8 Å². The predicted molar refractivity (Wildman–Crippen MR) is 73.6 cm³/mol. The first-order valence-corrected chi connectivity index (χ1v) is 6.31. The fourth-order valence-electron chi connectivity index (χ4n) is 1.73. The number of nitrogens with zero attached hydrogens (tertiary/aromatic N) is 3. The van der Waals surface area contributed by atoms with Gasteiger partial charge in [0, 0.05) is 17.6 Å². The fourth-order valence-corrected chi connectivity index (χ4v) is 2.08. The minimum absolute atomic E-state index is 0.0861. The van der Waals surface area contributed by atoms with Crippen molar-refractivity contribution in [3.8, 4) is 11.5 Å². The minimum Gasteiger partial charge on any atom is -0.446 e. The first kappa shape index (κ1) is 13.5. The van der Waals surface area contributed by atoms with Crippen LogP contribution < -0.4 is 4.74 Å². The Kier molecular flexibility index (Phi) is 3.57. The van der Waals surface area contributed by atoms with Crippen molar-refractivity contribution in [2.75, 3.05) is 0 Å². The lowest BCUT2D eigenvalue weighted by Crippen LogP contribution is -1.95. The molecule has 0 aliphatic rings. The zero-order chi connectivity index (χ0) is 14.2. The van der Waals surface area contributed by atoms with Crippen LogP contribution in [-0.4, -0.2) is 14.7 Å². The number of ether oxygens (including phenoxy) is 1. The van der Waals surface area contributed by atoms with Crippen LogP contribution in [0.25, 0.3) is 0 Å². The molecular weight excluding hydrogens is 314 g/mol. The Morgan fingerprint density at radius 2 is 2.11 bits per heavy atom. The van der Waals surface area contributed by atoms with Gasteiger partial charge in [-0.25, -0.2) is 0 Å². The summed E-state index contributed by atoms with van der Waals surface area (Å²) in [5.74, 6) is 0.750. The molecule has 0 aliphatic carbocycles. The van der Waals surface area contributed by atoms with E-state index in [-0.39, 0.29) is 11.4 Å². The highest BCUT2D eigenvalue weighted by atomic mass is 79.9. The normalized spacial score (nSPS) is 10.5. The Morgan fingerprint density at radius 3 is 2.63 bits per heavy atom. The van der Waals surface area contributed by atoms with Gasteiger partial charge in [-0.1, -0.05) is 15.9 Å². The summed E-state index contributed by atoms with van der Waals surface area (Å²) in [6, 6.07) is 4.67. The monoisotopic (exact) mass is 325 g/mol. The van der Waals surface area contributed by atoms with Gasteiger partial charge in [0.1, 0.15) is 5.69 Å². The van der Waals surface area contributed by atoms with E-state index in [1.807, 2.05) is 6.92 Å². The number of nitro groups is 1. The van der Waals surface area contributed by atoms with Crippen LogP contribution in [0.5, 0.6) is 11.5 Å². The van der Waals surface area contributed by atoms with Crippen molar-refractivity contribution >= 4 is 21.6 Å². The minimum atomic E-state index is -0.471. The molecule has 0 spiro atoms. The standard InChI is InChI=1S/C12H12BrN3O3/c1-7-12(8(2)15(3)14-7)19-11-5-4-9(13)6-10(11)16(17)18/h4-6H,1-3H3. The highest BCUT2D eigenvalue weighted by Gasteiger charge is 2.19. The van der Waals surface area contributed by atoms with E-state index in [0.29, 0.717) is 15.9 Å². The number of hydrogen-bond donors (Lipinski definition) is 0. The summed E-state index contributed by atoms with van der Waals surface area (Å²) in [4.78, 5) is 10.6. The molecule has 0 saturated heterocycles. The van der Waals surface area contributed by atoms with E-state index in [9.17, 15) is 10.1 Å². The smallest absolute Gasteiger partial charge is 0.312 e. The van der Waals surface area contributed by atoms with Crippen LogP contribution in [0, 0.1) is 24.0 Å². The maximum absolute atomic E-state index is 11.0. The summed E-state index contributed by atoms with van der Waals surface area (Å²) in [6.45, 7) is 3.65. The van der Waals surface area contributed by atoms with E-state index in [1.165, 1.54) is 6.07 Å². The number of hydrogen-bond acceptors (Lipinski definition) is 4. The Labute approximate surface area is 118 Å². The van der Waals surface area contributed by atoms with Gasteiger partial charge < -0.3 is 4.74 Å². The third-order valence-electron chi connectivity index (χ3n) is 2.77. The largest absolute Gasteiger partial charge is 0.446 e. The molecule has 100 valence electrons. The number of benzene rings is 1. The van der Waals surface area contributed by atoms with Gasteiger partial charge in [0.25, 0.3) is 0 Å². The molecule has 19 heavy (non-hydrogen) atoms. The van der Waals surface area contributed by atoms with E-state index >= 15 is 0 Å². The number of halogens is 1.